The SMILES string of the molecule is CC1(C(O)c2ccc(F)cc2)CCCC1. The van der Waals surface area contributed by atoms with Crippen LogP contribution in [0.1, 0.15) is 44.3 Å². The number of aliphatic hydroxyl groups is 1. The summed E-state index contributed by atoms with van der Waals surface area (Å²) in [5, 5.41) is 10.2. The normalized spacial score (nSPS) is 21.5. The fourth-order valence-corrected chi connectivity index (χ4v) is 2.50. The zero-order valence-corrected chi connectivity index (χ0v) is 9.04. The Balaban J connectivity index is 2.19. The Hall–Kier alpha value is -0.890. The minimum Gasteiger partial charge on any atom is -0.388 e. The molecule has 1 atom stereocenters. The Morgan fingerprint density at radius 3 is 2.27 bits per heavy atom. The van der Waals surface area contributed by atoms with Gasteiger partial charge in [-0.25, -0.2) is 4.39 Å². The zero-order chi connectivity index (χ0) is 10.9. The van der Waals surface area contributed by atoms with Gasteiger partial charge in [-0.15, -0.1) is 0 Å². The third-order valence-corrected chi connectivity index (χ3v) is 3.59. The Bertz CT molecular complexity index is 325. The molecule has 0 bridgehead atoms. The van der Waals surface area contributed by atoms with E-state index in [2.05, 4.69) is 6.92 Å². The van der Waals surface area contributed by atoms with Crippen molar-refractivity contribution in [3.05, 3.63) is 35.6 Å². The predicted octanol–water partition coefficient (Wildman–Crippen LogP) is 3.44. The lowest BCUT2D eigenvalue weighted by molar-refractivity contribution is 0.0408. The van der Waals surface area contributed by atoms with E-state index in [-0.39, 0.29) is 11.2 Å². The van der Waals surface area contributed by atoms with Crippen LogP contribution < -0.4 is 0 Å². The van der Waals surface area contributed by atoms with Crippen molar-refractivity contribution in [1.82, 2.24) is 0 Å². The molecule has 0 saturated heterocycles. The summed E-state index contributed by atoms with van der Waals surface area (Å²) in [6.07, 6.45) is 4.04. The van der Waals surface area contributed by atoms with Gasteiger partial charge in [0.25, 0.3) is 0 Å². The summed E-state index contributed by atoms with van der Waals surface area (Å²) >= 11 is 0. The van der Waals surface area contributed by atoms with Crippen LogP contribution in [-0.4, -0.2) is 5.11 Å². The first-order chi connectivity index (χ1) is 7.12. The number of benzene rings is 1. The maximum absolute atomic E-state index is 12.7. The third kappa shape index (κ3) is 2.05. The minimum absolute atomic E-state index is 0.0160. The Morgan fingerprint density at radius 2 is 1.73 bits per heavy atom. The summed E-state index contributed by atoms with van der Waals surface area (Å²) in [5.41, 5.74) is 0.818. The van der Waals surface area contributed by atoms with Crippen molar-refractivity contribution in [1.29, 1.82) is 0 Å². The van der Waals surface area contributed by atoms with Gasteiger partial charge >= 0.3 is 0 Å². The summed E-state index contributed by atoms with van der Waals surface area (Å²) in [6, 6.07) is 6.20. The summed E-state index contributed by atoms with van der Waals surface area (Å²) in [7, 11) is 0. The van der Waals surface area contributed by atoms with Crippen LogP contribution in [0.4, 0.5) is 4.39 Å². The quantitative estimate of drug-likeness (QED) is 0.789. The molecule has 1 nitrogen and oxygen atoms in total. The minimum atomic E-state index is -0.458. The van der Waals surface area contributed by atoms with Crippen LogP contribution >= 0.6 is 0 Å². The van der Waals surface area contributed by atoms with Crippen molar-refractivity contribution in [3.63, 3.8) is 0 Å². The zero-order valence-electron chi connectivity index (χ0n) is 9.04. The summed E-state index contributed by atoms with van der Waals surface area (Å²) in [6.45, 7) is 2.12. The van der Waals surface area contributed by atoms with E-state index in [9.17, 15) is 9.50 Å². The summed E-state index contributed by atoms with van der Waals surface area (Å²) in [4.78, 5) is 0. The van der Waals surface area contributed by atoms with Crippen LogP contribution in [0.3, 0.4) is 0 Å². The molecule has 15 heavy (non-hydrogen) atoms. The maximum Gasteiger partial charge on any atom is 0.123 e. The van der Waals surface area contributed by atoms with Gasteiger partial charge in [-0.3, -0.25) is 0 Å². The number of hydrogen-bond donors (Lipinski definition) is 1. The number of rotatable bonds is 2. The van der Waals surface area contributed by atoms with Gasteiger partial charge in [0.2, 0.25) is 0 Å². The highest BCUT2D eigenvalue weighted by atomic mass is 19.1. The van der Waals surface area contributed by atoms with Crippen LogP contribution in [-0.2, 0) is 0 Å². The smallest absolute Gasteiger partial charge is 0.123 e. The fraction of sp³-hybridized carbons (Fsp3) is 0.538. The Morgan fingerprint density at radius 1 is 1.20 bits per heavy atom. The fourth-order valence-electron chi connectivity index (χ4n) is 2.50. The molecule has 2 heteroatoms. The molecule has 1 saturated carbocycles. The second-order valence-corrected chi connectivity index (χ2v) is 4.82. The molecule has 0 amide bonds. The first-order valence-electron chi connectivity index (χ1n) is 5.55. The molecule has 2 rings (SSSR count). The van der Waals surface area contributed by atoms with Gasteiger partial charge in [0.15, 0.2) is 0 Å². The lowest BCUT2D eigenvalue weighted by Crippen LogP contribution is -2.21. The van der Waals surface area contributed by atoms with E-state index in [1.165, 1.54) is 25.0 Å². The topological polar surface area (TPSA) is 20.2 Å². The van der Waals surface area contributed by atoms with E-state index in [1.807, 2.05) is 0 Å². The van der Waals surface area contributed by atoms with Gasteiger partial charge in [-0.05, 0) is 36.0 Å². The molecule has 1 unspecified atom stereocenters. The molecule has 1 aromatic rings. The first kappa shape index (κ1) is 10.6. The van der Waals surface area contributed by atoms with Gasteiger partial charge < -0.3 is 5.11 Å². The van der Waals surface area contributed by atoms with Crippen molar-refractivity contribution < 1.29 is 9.50 Å². The Labute approximate surface area is 89.9 Å². The van der Waals surface area contributed by atoms with Crippen LogP contribution in [0.2, 0.25) is 0 Å². The van der Waals surface area contributed by atoms with Gasteiger partial charge in [0, 0.05) is 0 Å². The molecular weight excluding hydrogens is 191 g/mol. The van der Waals surface area contributed by atoms with Crippen LogP contribution in [0.25, 0.3) is 0 Å². The lowest BCUT2D eigenvalue weighted by Gasteiger charge is -2.30. The molecule has 82 valence electrons. The van der Waals surface area contributed by atoms with Crippen LogP contribution in [0.5, 0.6) is 0 Å². The molecule has 1 aromatic carbocycles. The Kier molecular flexibility index (Phi) is 2.79. The van der Waals surface area contributed by atoms with Crippen molar-refractivity contribution >= 4 is 0 Å². The van der Waals surface area contributed by atoms with Gasteiger partial charge in [0.1, 0.15) is 5.82 Å². The van der Waals surface area contributed by atoms with Crippen molar-refractivity contribution in [2.45, 2.75) is 38.7 Å². The van der Waals surface area contributed by atoms with E-state index < -0.39 is 6.10 Å². The van der Waals surface area contributed by atoms with Crippen molar-refractivity contribution in [3.8, 4) is 0 Å². The highest BCUT2D eigenvalue weighted by molar-refractivity contribution is 5.20. The van der Waals surface area contributed by atoms with E-state index in [0.29, 0.717) is 0 Å². The molecule has 1 N–H and O–H groups in total. The number of hydrogen-bond acceptors (Lipinski definition) is 1. The van der Waals surface area contributed by atoms with Crippen molar-refractivity contribution in [2.24, 2.45) is 5.41 Å². The predicted molar refractivity (Wildman–Crippen MR) is 57.9 cm³/mol. The van der Waals surface area contributed by atoms with Gasteiger partial charge in [-0.1, -0.05) is 31.9 Å². The highest BCUT2D eigenvalue weighted by Gasteiger charge is 2.36. The van der Waals surface area contributed by atoms with E-state index >= 15 is 0 Å². The lowest BCUT2D eigenvalue weighted by atomic mass is 9.79. The van der Waals surface area contributed by atoms with E-state index in [0.717, 1.165) is 18.4 Å². The molecular formula is C13H17FO. The largest absolute Gasteiger partial charge is 0.388 e. The number of halogens is 1. The maximum atomic E-state index is 12.7. The molecule has 0 spiro atoms. The second-order valence-electron chi connectivity index (χ2n) is 4.82. The number of aliphatic hydroxyl groups excluding tert-OH is 1. The average molecular weight is 208 g/mol. The average Bonchev–Trinajstić information content (AvgIpc) is 2.67. The molecule has 1 aliphatic carbocycles. The van der Waals surface area contributed by atoms with Gasteiger partial charge in [-0.2, -0.15) is 0 Å². The van der Waals surface area contributed by atoms with Crippen LogP contribution in [0.15, 0.2) is 24.3 Å². The molecule has 1 aliphatic rings. The first-order valence-corrected chi connectivity index (χ1v) is 5.55. The van der Waals surface area contributed by atoms with E-state index in [1.54, 1.807) is 12.1 Å². The van der Waals surface area contributed by atoms with Crippen molar-refractivity contribution in [2.75, 3.05) is 0 Å². The monoisotopic (exact) mass is 208 g/mol. The molecule has 0 aromatic heterocycles. The molecule has 0 heterocycles. The molecule has 0 aliphatic heterocycles. The highest BCUT2D eigenvalue weighted by Crippen LogP contribution is 2.46. The van der Waals surface area contributed by atoms with Crippen LogP contribution in [0, 0.1) is 11.2 Å². The standard InChI is InChI=1S/C13H17FO/c1-13(8-2-3-9-13)12(15)10-4-6-11(14)7-5-10/h4-7,12,15H,2-3,8-9H2,1H3. The summed E-state index contributed by atoms with van der Waals surface area (Å²) in [5.74, 6) is -0.248. The van der Waals surface area contributed by atoms with Gasteiger partial charge in [0.05, 0.1) is 6.10 Å². The molecule has 1 fully saturated rings. The van der Waals surface area contributed by atoms with E-state index in [4.69, 9.17) is 0 Å². The molecule has 0 radical (unpaired) electrons. The third-order valence-electron chi connectivity index (χ3n) is 3.59. The summed E-state index contributed by atoms with van der Waals surface area (Å²) < 4.78 is 12.7. The second kappa shape index (κ2) is 3.93.